The molecule has 0 unspecified atom stereocenters. The monoisotopic (exact) mass is 437 g/mol. The maximum absolute atomic E-state index is 12.8. The first-order chi connectivity index (χ1) is 14.4. The van der Waals surface area contributed by atoms with Gasteiger partial charge >= 0.3 is 0 Å². The first-order valence-corrected chi connectivity index (χ1v) is 10.6. The quantitative estimate of drug-likeness (QED) is 0.461. The molecule has 0 spiro atoms. The minimum atomic E-state index is -0.340. The molecule has 1 N–H and O–H groups in total. The molecule has 3 aromatic heterocycles. The molecule has 0 radical (unpaired) electrons. The van der Waals surface area contributed by atoms with Crippen LogP contribution in [-0.2, 0) is 6.54 Å². The van der Waals surface area contributed by atoms with E-state index >= 15 is 0 Å². The Labute approximate surface area is 183 Å². The normalized spacial score (nSPS) is 10.9. The Kier molecular flexibility index (Phi) is 5.65. The molecule has 30 heavy (non-hydrogen) atoms. The van der Waals surface area contributed by atoms with Crippen LogP contribution in [-0.4, -0.2) is 25.7 Å². The summed E-state index contributed by atoms with van der Waals surface area (Å²) in [6.07, 6.45) is 1.48. The fourth-order valence-corrected chi connectivity index (χ4v) is 4.26. The summed E-state index contributed by atoms with van der Waals surface area (Å²) in [6, 6.07) is 13.8. The maximum Gasteiger partial charge on any atom is 0.262 e. The highest BCUT2D eigenvalue weighted by Gasteiger charge is 2.19. The second-order valence-corrected chi connectivity index (χ2v) is 8.60. The molecule has 0 aliphatic carbocycles. The third kappa shape index (κ3) is 4.27. The van der Waals surface area contributed by atoms with E-state index in [1.807, 2.05) is 63.2 Å². The van der Waals surface area contributed by atoms with E-state index in [0.717, 1.165) is 33.1 Å². The average molecular weight is 438 g/mol. The fraction of sp³-hybridized carbons (Fsp3) is 0.182. The standard InChI is InChI=1S/C22H20ClN5OS/c1-13-9-14(2)25-18(10-13)19-15(3)30-22(26-19)27-21(29)17-11-24-28(20(17)23)12-16-7-5-4-6-8-16/h4-11H,12H2,1-3H3,(H,26,27,29). The van der Waals surface area contributed by atoms with Crippen molar-refractivity contribution in [3.8, 4) is 11.4 Å². The third-order valence-corrected chi connectivity index (χ3v) is 5.84. The van der Waals surface area contributed by atoms with Gasteiger partial charge in [0.25, 0.3) is 5.91 Å². The summed E-state index contributed by atoms with van der Waals surface area (Å²) in [4.78, 5) is 22.9. The van der Waals surface area contributed by atoms with E-state index in [1.165, 1.54) is 17.5 Å². The summed E-state index contributed by atoms with van der Waals surface area (Å²) in [5, 5.41) is 7.89. The van der Waals surface area contributed by atoms with Crippen LogP contribution in [0.25, 0.3) is 11.4 Å². The summed E-state index contributed by atoms with van der Waals surface area (Å²) in [7, 11) is 0. The number of pyridine rings is 1. The molecule has 0 aliphatic rings. The number of nitrogens with one attached hydrogen (secondary N) is 1. The number of halogens is 1. The minimum absolute atomic E-state index is 0.292. The van der Waals surface area contributed by atoms with Crippen molar-refractivity contribution in [1.82, 2.24) is 19.7 Å². The van der Waals surface area contributed by atoms with Gasteiger partial charge in [-0.1, -0.05) is 41.9 Å². The lowest BCUT2D eigenvalue weighted by atomic mass is 10.2. The molecule has 6 nitrogen and oxygen atoms in total. The van der Waals surface area contributed by atoms with Gasteiger partial charge in [0.05, 0.1) is 24.0 Å². The predicted molar refractivity (Wildman–Crippen MR) is 120 cm³/mol. The molecule has 0 saturated heterocycles. The Bertz CT molecular complexity index is 1200. The third-order valence-electron chi connectivity index (χ3n) is 4.55. The lowest BCUT2D eigenvalue weighted by Gasteiger charge is -2.04. The molecule has 0 bridgehead atoms. The Balaban J connectivity index is 1.54. The van der Waals surface area contributed by atoms with E-state index in [9.17, 15) is 4.79 Å². The molecule has 0 saturated carbocycles. The minimum Gasteiger partial charge on any atom is -0.298 e. The van der Waals surface area contributed by atoms with Crippen LogP contribution < -0.4 is 5.32 Å². The molecule has 0 fully saturated rings. The zero-order valence-corrected chi connectivity index (χ0v) is 18.4. The van der Waals surface area contributed by atoms with Crippen molar-refractivity contribution in [3.63, 3.8) is 0 Å². The smallest absolute Gasteiger partial charge is 0.262 e. The van der Waals surface area contributed by atoms with Gasteiger partial charge in [0.1, 0.15) is 10.8 Å². The van der Waals surface area contributed by atoms with Crippen LogP contribution in [0.2, 0.25) is 5.15 Å². The van der Waals surface area contributed by atoms with E-state index < -0.39 is 0 Å². The van der Waals surface area contributed by atoms with Gasteiger partial charge < -0.3 is 0 Å². The number of aromatic nitrogens is 4. The molecule has 0 atom stereocenters. The second kappa shape index (κ2) is 8.38. The van der Waals surface area contributed by atoms with E-state index in [1.54, 1.807) is 4.68 Å². The van der Waals surface area contributed by atoms with E-state index in [2.05, 4.69) is 20.4 Å². The molecule has 1 amide bonds. The number of amides is 1. The molecule has 3 heterocycles. The molecule has 1 aromatic carbocycles. The molecule has 4 aromatic rings. The van der Waals surface area contributed by atoms with E-state index in [-0.39, 0.29) is 5.91 Å². The number of hydrogen-bond donors (Lipinski definition) is 1. The van der Waals surface area contributed by atoms with Crippen molar-refractivity contribution < 1.29 is 4.79 Å². The Morgan fingerprint density at radius 1 is 1.13 bits per heavy atom. The summed E-state index contributed by atoms with van der Waals surface area (Å²) in [5.41, 5.74) is 4.99. The summed E-state index contributed by atoms with van der Waals surface area (Å²) >= 11 is 7.82. The van der Waals surface area contributed by atoms with Gasteiger partial charge in [-0.2, -0.15) is 5.10 Å². The number of benzene rings is 1. The van der Waals surface area contributed by atoms with Crippen molar-refractivity contribution in [2.75, 3.05) is 5.32 Å². The van der Waals surface area contributed by atoms with Crippen LogP contribution in [0.1, 0.15) is 32.1 Å². The molecule has 0 aliphatic heterocycles. The number of rotatable bonds is 5. The molecular formula is C22H20ClN5OS. The van der Waals surface area contributed by atoms with Gasteiger partial charge in [0.2, 0.25) is 0 Å². The number of anilines is 1. The Hall–Kier alpha value is -3.03. The van der Waals surface area contributed by atoms with Crippen LogP contribution >= 0.6 is 22.9 Å². The highest BCUT2D eigenvalue weighted by atomic mass is 35.5. The van der Waals surface area contributed by atoms with Crippen LogP contribution in [0.5, 0.6) is 0 Å². The summed E-state index contributed by atoms with van der Waals surface area (Å²) < 4.78 is 1.60. The van der Waals surface area contributed by atoms with Gasteiger partial charge in [0, 0.05) is 10.6 Å². The van der Waals surface area contributed by atoms with Gasteiger partial charge in [-0.3, -0.25) is 15.1 Å². The van der Waals surface area contributed by atoms with Crippen LogP contribution in [0.4, 0.5) is 5.13 Å². The van der Waals surface area contributed by atoms with Gasteiger partial charge in [-0.05, 0) is 44.0 Å². The zero-order valence-electron chi connectivity index (χ0n) is 16.8. The van der Waals surface area contributed by atoms with Crippen molar-refractivity contribution in [2.24, 2.45) is 0 Å². The van der Waals surface area contributed by atoms with Crippen LogP contribution in [0.3, 0.4) is 0 Å². The summed E-state index contributed by atoms with van der Waals surface area (Å²) in [5.74, 6) is -0.340. The van der Waals surface area contributed by atoms with Crippen LogP contribution in [0, 0.1) is 20.8 Å². The number of thiazole rings is 1. The second-order valence-electron chi connectivity index (χ2n) is 7.04. The van der Waals surface area contributed by atoms with Crippen molar-refractivity contribution in [2.45, 2.75) is 27.3 Å². The molecule has 152 valence electrons. The first kappa shape index (κ1) is 20.3. The first-order valence-electron chi connectivity index (χ1n) is 9.40. The number of aryl methyl sites for hydroxylation is 3. The van der Waals surface area contributed by atoms with Crippen molar-refractivity contribution in [3.05, 3.63) is 81.1 Å². The fourth-order valence-electron chi connectivity index (χ4n) is 3.20. The highest BCUT2D eigenvalue weighted by Crippen LogP contribution is 2.30. The van der Waals surface area contributed by atoms with Gasteiger partial charge in [0.15, 0.2) is 5.13 Å². The summed E-state index contributed by atoms with van der Waals surface area (Å²) in [6.45, 7) is 6.44. The Morgan fingerprint density at radius 2 is 1.90 bits per heavy atom. The lowest BCUT2D eigenvalue weighted by Crippen LogP contribution is -2.12. The zero-order chi connectivity index (χ0) is 21.3. The predicted octanol–water partition coefficient (Wildman–Crippen LogP) is 5.28. The average Bonchev–Trinajstić information content (AvgIpc) is 3.24. The number of carbonyl (C=O) groups is 1. The lowest BCUT2D eigenvalue weighted by molar-refractivity contribution is 0.102. The highest BCUT2D eigenvalue weighted by molar-refractivity contribution is 7.16. The largest absolute Gasteiger partial charge is 0.298 e. The van der Waals surface area contributed by atoms with E-state index in [0.29, 0.717) is 22.4 Å². The van der Waals surface area contributed by atoms with Gasteiger partial charge in [-0.25, -0.2) is 9.67 Å². The SMILES string of the molecule is Cc1cc(C)nc(-c2nc(NC(=O)c3cnn(Cc4ccccc4)c3Cl)sc2C)c1. The number of nitrogens with zero attached hydrogens (tertiary/aromatic N) is 4. The van der Waals surface area contributed by atoms with Gasteiger partial charge in [-0.15, -0.1) is 11.3 Å². The molecular weight excluding hydrogens is 418 g/mol. The molecule has 8 heteroatoms. The number of hydrogen-bond acceptors (Lipinski definition) is 5. The number of carbonyl (C=O) groups excluding carboxylic acids is 1. The van der Waals surface area contributed by atoms with E-state index in [4.69, 9.17) is 11.6 Å². The topological polar surface area (TPSA) is 72.7 Å². The Morgan fingerprint density at radius 3 is 2.63 bits per heavy atom. The van der Waals surface area contributed by atoms with Crippen molar-refractivity contribution in [1.29, 1.82) is 0 Å². The maximum atomic E-state index is 12.8. The van der Waals surface area contributed by atoms with Crippen LogP contribution in [0.15, 0.2) is 48.7 Å². The van der Waals surface area contributed by atoms with Crippen molar-refractivity contribution >= 4 is 34.0 Å². The molecule has 4 rings (SSSR count).